The standard InChI is InChI=1S/C12H19ClN2O2/c1-11(2,3)17-10(16)15-8-4-5-12(15,9-14)6-7-13/h4-8H2,1-3H3/t12-/m1/s1. The van der Waals surface area contributed by atoms with Crippen molar-refractivity contribution in [3.8, 4) is 6.07 Å². The second kappa shape index (κ2) is 5.14. The molecule has 0 bridgehead atoms. The van der Waals surface area contributed by atoms with Crippen molar-refractivity contribution >= 4 is 17.7 Å². The van der Waals surface area contributed by atoms with Gasteiger partial charge in [-0.15, -0.1) is 11.6 Å². The maximum absolute atomic E-state index is 12.0. The number of nitriles is 1. The lowest BCUT2D eigenvalue weighted by Gasteiger charge is -2.33. The van der Waals surface area contributed by atoms with Crippen LogP contribution in [0.3, 0.4) is 0 Å². The SMILES string of the molecule is CC(C)(C)OC(=O)N1CCC[C@]1(C#N)CCCl. The van der Waals surface area contributed by atoms with E-state index in [1.54, 1.807) is 0 Å². The zero-order valence-corrected chi connectivity index (χ0v) is 11.4. The Balaban J connectivity index is 2.82. The van der Waals surface area contributed by atoms with Gasteiger partial charge >= 0.3 is 6.09 Å². The van der Waals surface area contributed by atoms with Gasteiger partial charge in [0.25, 0.3) is 0 Å². The molecule has 17 heavy (non-hydrogen) atoms. The molecule has 1 aliphatic heterocycles. The summed E-state index contributed by atoms with van der Waals surface area (Å²) in [6.07, 6.45) is 1.57. The summed E-state index contributed by atoms with van der Waals surface area (Å²) in [6.45, 7) is 6.02. The molecule has 0 N–H and O–H groups in total. The van der Waals surface area contributed by atoms with Gasteiger partial charge in [-0.05, 0) is 40.0 Å². The normalized spacial score (nSPS) is 24.5. The number of rotatable bonds is 2. The fourth-order valence-electron chi connectivity index (χ4n) is 2.05. The Morgan fingerprint density at radius 2 is 2.24 bits per heavy atom. The number of ether oxygens (including phenoxy) is 1. The lowest BCUT2D eigenvalue weighted by Crippen LogP contribution is -2.48. The summed E-state index contributed by atoms with van der Waals surface area (Å²) >= 11 is 5.72. The van der Waals surface area contributed by atoms with Crippen LogP contribution in [-0.4, -0.2) is 34.6 Å². The molecule has 0 aromatic carbocycles. The summed E-state index contributed by atoms with van der Waals surface area (Å²) in [7, 11) is 0. The van der Waals surface area contributed by atoms with E-state index in [1.807, 2.05) is 20.8 Å². The molecule has 5 heteroatoms. The third-order valence-corrected chi connectivity index (χ3v) is 3.01. The van der Waals surface area contributed by atoms with Gasteiger partial charge < -0.3 is 4.74 Å². The maximum atomic E-state index is 12.0. The largest absolute Gasteiger partial charge is 0.444 e. The van der Waals surface area contributed by atoms with Crippen LogP contribution in [0.1, 0.15) is 40.0 Å². The molecule has 0 aliphatic carbocycles. The zero-order chi connectivity index (χ0) is 13.1. The first-order chi connectivity index (χ1) is 7.84. The molecule has 0 radical (unpaired) electrons. The van der Waals surface area contributed by atoms with E-state index in [0.29, 0.717) is 25.3 Å². The molecule has 0 aromatic heterocycles. The highest BCUT2D eigenvalue weighted by Crippen LogP contribution is 2.33. The molecular weight excluding hydrogens is 240 g/mol. The van der Waals surface area contributed by atoms with Crippen LogP contribution in [0.4, 0.5) is 4.79 Å². The number of halogens is 1. The Morgan fingerprint density at radius 3 is 2.71 bits per heavy atom. The zero-order valence-electron chi connectivity index (χ0n) is 10.6. The fourth-order valence-corrected chi connectivity index (χ4v) is 2.36. The molecule has 1 rings (SSSR count). The third-order valence-electron chi connectivity index (χ3n) is 2.82. The molecule has 0 unspecified atom stereocenters. The predicted octanol–water partition coefficient (Wildman–Crippen LogP) is 2.91. The van der Waals surface area contributed by atoms with Crippen LogP contribution in [0.5, 0.6) is 0 Å². The van der Waals surface area contributed by atoms with Gasteiger partial charge in [0.05, 0.1) is 6.07 Å². The van der Waals surface area contributed by atoms with Crippen molar-refractivity contribution in [1.29, 1.82) is 5.26 Å². The smallest absolute Gasteiger partial charge is 0.411 e. The summed E-state index contributed by atoms with van der Waals surface area (Å²) in [5.74, 6) is 0.368. The third kappa shape index (κ3) is 3.26. The summed E-state index contributed by atoms with van der Waals surface area (Å²) in [6, 6.07) is 2.24. The molecule has 1 fully saturated rings. The number of hydrogen-bond donors (Lipinski definition) is 0. The minimum atomic E-state index is -0.774. The Morgan fingerprint density at radius 1 is 1.59 bits per heavy atom. The van der Waals surface area contributed by atoms with Crippen molar-refractivity contribution in [1.82, 2.24) is 4.90 Å². The Bertz CT molecular complexity index is 332. The van der Waals surface area contributed by atoms with Crippen molar-refractivity contribution < 1.29 is 9.53 Å². The van der Waals surface area contributed by atoms with Crippen molar-refractivity contribution in [2.75, 3.05) is 12.4 Å². The Labute approximate surface area is 107 Å². The number of hydrogen-bond acceptors (Lipinski definition) is 3. The van der Waals surface area contributed by atoms with E-state index in [-0.39, 0.29) is 0 Å². The second-order valence-corrected chi connectivity index (χ2v) is 5.70. The van der Waals surface area contributed by atoms with Gasteiger partial charge in [0, 0.05) is 12.4 Å². The first kappa shape index (κ1) is 14.1. The number of alkyl halides is 1. The van der Waals surface area contributed by atoms with Gasteiger partial charge in [-0.25, -0.2) is 4.79 Å². The van der Waals surface area contributed by atoms with E-state index in [4.69, 9.17) is 16.3 Å². The molecule has 1 atom stereocenters. The van der Waals surface area contributed by atoms with Crippen LogP contribution in [-0.2, 0) is 4.74 Å². The van der Waals surface area contributed by atoms with Crippen LogP contribution in [0.15, 0.2) is 0 Å². The van der Waals surface area contributed by atoms with Crippen molar-refractivity contribution in [2.24, 2.45) is 0 Å². The van der Waals surface area contributed by atoms with Gasteiger partial charge in [-0.3, -0.25) is 4.90 Å². The summed E-state index contributed by atoms with van der Waals surface area (Å²) in [5, 5.41) is 9.31. The highest BCUT2D eigenvalue weighted by molar-refractivity contribution is 6.17. The average molecular weight is 259 g/mol. The molecule has 1 amide bonds. The van der Waals surface area contributed by atoms with E-state index in [2.05, 4.69) is 6.07 Å². The van der Waals surface area contributed by atoms with E-state index >= 15 is 0 Å². The first-order valence-corrected chi connectivity index (χ1v) is 6.36. The monoisotopic (exact) mass is 258 g/mol. The number of likely N-dealkylation sites (tertiary alicyclic amines) is 1. The molecule has 1 saturated heterocycles. The number of carbonyl (C=O) groups excluding carboxylic acids is 1. The predicted molar refractivity (Wildman–Crippen MR) is 65.9 cm³/mol. The molecule has 0 spiro atoms. The number of nitrogens with zero attached hydrogens (tertiary/aromatic N) is 2. The number of carbonyl (C=O) groups is 1. The van der Waals surface area contributed by atoms with Crippen LogP contribution < -0.4 is 0 Å². The Kier molecular flexibility index (Phi) is 4.26. The molecular formula is C12H19ClN2O2. The first-order valence-electron chi connectivity index (χ1n) is 5.82. The molecule has 4 nitrogen and oxygen atoms in total. The molecule has 0 saturated carbocycles. The van der Waals surface area contributed by atoms with Crippen molar-refractivity contribution in [2.45, 2.75) is 51.2 Å². The van der Waals surface area contributed by atoms with Gasteiger partial charge in [0.15, 0.2) is 0 Å². The second-order valence-electron chi connectivity index (χ2n) is 5.32. The minimum Gasteiger partial charge on any atom is -0.444 e. The van der Waals surface area contributed by atoms with Crippen molar-refractivity contribution in [3.05, 3.63) is 0 Å². The van der Waals surface area contributed by atoms with Gasteiger partial charge in [0.1, 0.15) is 11.1 Å². The lowest BCUT2D eigenvalue weighted by atomic mass is 9.95. The summed E-state index contributed by atoms with van der Waals surface area (Å²) < 4.78 is 5.32. The molecule has 0 aromatic rings. The number of amides is 1. The van der Waals surface area contributed by atoms with E-state index in [9.17, 15) is 10.1 Å². The van der Waals surface area contributed by atoms with Crippen LogP contribution >= 0.6 is 11.6 Å². The average Bonchev–Trinajstić information content (AvgIpc) is 2.60. The highest BCUT2D eigenvalue weighted by Gasteiger charge is 2.45. The van der Waals surface area contributed by atoms with Gasteiger partial charge in [-0.2, -0.15) is 5.26 Å². The topological polar surface area (TPSA) is 53.3 Å². The van der Waals surface area contributed by atoms with Crippen LogP contribution in [0.25, 0.3) is 0 Å². The minimum absolute atomic E-state index is 0.368. The lowest BCUT2D eigenvalue weighted by molar-refractivity contribution is 0.0153. The fraction of sp³-hybridized carbons (Fsp3) is 0.833. The van der Waals surface area contributed by atoms with E-state index < -0.39 is 17.2 Å². The van der Waals surface area contributed by atoms with Crippen LogP contribution in [0.2, 0.25) is 0 Å². The van der Waals surface area contributed by atoms with Gasteiger partial charge in [0.2, 0.25) is 0 Å². The summed E-state index contributed by atoms with van der Waals surface area (Å²) in [4.78, 5) is 13.5. The Hall–Kier alpha value is -0.950. The van der Waals surface area contributed by atoms with Crippen molar-refractivity contribution in [3.63, 3.8) is 0 Å². The highest BCUT2D eigenvalue weighted by atomic mass is 35.5. The molecule has 1 heterocycles. The van der Waals surface area contributed by atoms with E-state index in [1.165, 1.54) is 4.90 Å². The quantitative estimate of drug-likeness (QED) is 0.716. The molecule has 96 valence electrons. The van der Waals surface area contributed by atoms with E-state index in [0.717, 1.165) is 6.42 Å². The van der Waals surface area contributed by atoms with Crippen LogP contribution in [0, 0.1) is 11.3 Å². The maximum Gasteiger partial charge on any atom is 0.411 e. The van der Waals surface area contributed by atoms with Gasteiger partial charge in [-0.1, -0.05) is 0 Å². The summed E-state index contributed by atoms with van der Waals surface area (Å²) in [5.41, 5.74) is -1.31. The molecule has 1 aliphatic rings.